The molecular formula is C16H22N2O4. The van der Waals surface area contributed by atoms with Gasteiger partial charge in [-0.3, -0.25) is 4.79 Å². The summed E-state index contributed by atoms with van der Waals surface area (Å²) in [6, 6.07) is 9.32. The van der Waals surface area contributed by atoms with Crippen LogP contribution in [0, 0.1) is 5.92 Å². The molecule has 1 aliphatic rings. The third-order valence-electron chi connectivity index (χ3n) is 3.79. The number of likely N-dealkylation sites (tertiary alicyclic amines) is 1. The maximum atomic E-state index is 12.1. The molecule has 1 aromatic rings. The molecule has 2 rings (SSSR count). The quantitative estimate of drug-likeness (QED) is 0.898. The summed E-state index contributed by atoms with van der Waals surface area (Å²) in [6.45, 7) is 2.05. The maximum Gasteiger partial charge on any atom is 0.406 e. The van der Waals surface area contributed by atoms with Crippen molar-refractivity contribution in [3.05, 3.63) is 30.3 Å². The molecule has 0 aliphatic carbocycles. The predicted octanol–water partition coefficient (Wildman–Crippen LogP) is 1.66. The molecule has 1 fully saturated rings. The summed E-state index contributed by atoms with van der Waals surface area (Å²) in [5.41, 5.74) is 0. The number of ether oxygens (including phenoxy) is 2. The Hall–Kier alpha value is -2.24. The fourth-order valence-corrected chi connectivity index (χ4v) is 2.44. The Morgan fingerprint density at radius 1 is 1.23 bits per heavy atom. The van der Waals surface area contributed by atoms with Crippen molar-refractivity contribution < 1.29 is 19.1 Å². The standard InChI is InChI=1S/C16H22N2O4/c1-21-16(20)17-11-13-7-9-18(10-8-13)15(19)12-22-14-5-3-2-4-6-14/h2-6,13H,7-12H2,1H3,(H,17,20). The van der Waals surface area contributed by atoms with E-state index in [1.165, 1.54) is 7.11 Å². The van der Waals surface area contributed by atoms with Crippen LogP contribution in [-0.2, 0) is 9.53 Å². The molecule has 6 nitrogen and oxygen atoms in total. The highest BCUT2D eigenvalue weighted by Crippen LogP contribution is 2.17. The van der Waals surface area contributed by atoms with Gasteiger partial charge in [0.2, 0.25) is 0 Å². The van der Waals surface area contributed by atoms with Gasteiger partial charge in [0, 0.05) is 19.6 Å². The molecule has 22 heavy (non-hydrogen) atoms. The number of nitrogens with zero attached hydrogens (tertiary/aromatic N) is 1. The van der Waals surface area contributed by atoms with Gasteiger partial charge in [0.1, 0.15) is 5.75 Å². The molecule has 0 atom stereocenters. The summed E-state index contributed by atoms with van der Waals surface area (Å²) in [4.78, 5) is 25.0. The van der Waals surface area contributed by atoms with Gasteiger partial charge < -0.3 is 19.7 Å². The Kier molecular flexibility index (Phi) is 6.06. The topological polar surface area (TPSA) is 67.9 Å². The normalized spacial score (nSPS) is 15.2. The Balaban J connectivity index is 1.67. The largest absolute Gasteiger partial charge is 0.484 e. The average Bonchev–Trinajstić information content (AvgIpc) is 2.59. The second-order valence-corrected chi connectivity index (χ2v) is 5.30. The van der Waals surface area contributed by atoms with Crippen molar-refractivity contribution >= 4 is 12.0 Å². The average molecular weight is 306 g/mol. The number of carbonyl (C=O) groups excluding carboxylic acids is 2. The molecule has 1 aromatic carbocycles. The maximum absolute atomic E-state index is 12.1. The van der Waals surface area contributed by atoms with E-state index >= 15 is 0 Å². The Labute approximate surface area is 130 Å². The van der Waals surface area contributed by atoms with E-state index in [0.717, 1.165) is 12.8 Å². The van der Waals surface area contributed by atoms with E-state index in [2.05, 4.69) is 10.1 Å². The Bertz CT molecular complexity index is 484. The lowest BCUT2D eigenvalue weighted by Gasteiger charge is -2.31. The fraction of sp³-hybridized carbons (Fsp3) is 0.500. The number of carbonyl (C=O) groups is 2. The van der Waals surface area contributed by atoms with Crippen LogP contribution in [0.15, 0.2) is 30.3 Å². The predicted molar refractivity (Wildman–Crippen MR) is 81.6 cm³/mol. The van der Waals surface area contributed by atoms with Gasteiger partial charge in [0.05, 0.1) is 7.11 Å². The summed E-state index contributed by atoms with van der Waals surface area (Å²) in [5, 5.41) is 2.70. The summed E-state index contributed by atoms with van der Waals surface area (Å²) in [6.07, 6.45) is 1.34. The van der Waals surface area contributed by atoms with Crippen LogP contribution in [0.4, 0.5) is 4.79 Å². The summed E-state index contributed by atoms with van der Waals surface area (Å²) in [5.74, 6) is 1.09. The van der Waals surface area contributed by atoms with Gasteiger partial charge >= 0.3 is 6.09 Å². The van der Waals surface area contributed by atoms with Gasteiger partial charge in [-0.1, -0.05) is 18.2 Å². The highest BCUT2D eigenvalue weighted by Gasteiger charge is 2.23. The highest BCUT2D eigenvalue weighted by molar-refractivity contribution is 5.77. The van der Waals surface area contributed by atoms with E-state index in [9.17, 15) is 9.59 Å². The van der Waals surface area contributed by atoms with Crippen molar-refractivity contribution in [3.63, 3.8) is 0 Å². The molecule has 0 radical (unpaired) electrons. The molecule has 2 amide bonds. The van der Waals surface area contributed by atoms with E-state index in [1.54, 1.807) is 0 Å². The number of alkyl carbamates (subject to hydrolysis) is 1. The molecule has 0 bridgehead atoms. The molecule has 0 unspecified atom stereocenters. The third kappa shape index (κ3) is 4.95. The van der Waals surface area contributed by atoms with Crippen molar-refractivity contribution in [1.82, 2.24) is 10.2 Å². The van der Waals surface area contributed by atoms with E-state index in [0.29, 0.717) is 31.3 Å². The lowest BCUT2D eigenvalue weighted by Crippen LogP contribution is -2.43. The zero-order chi connectivity index (χ0) is 15.8. The van der Waals surface area contributed by atoms with Gasteiger partial charge in [-0.2, -0.15) is 0 Å². The van der Waals surface area contributed by atoms with Crippen molar-refractivity contribution in [3.8, 4) is 5.75 Å². The number of piperidine rings is 1. The molecule has 1 aliphatic heterocycles. The Morgan fingerprint density at radius 3 is 2.55 bits per heavy atom. The molecule has 0 aromatic heterocycles. The second kappa shape index (κ2) is 8.26. The van der Waals surface area contributed by atoms with Crippen LogP contribution in [0.2, 0.25) is 0 Å². The minimum Gasteiger partial charge on any atom is -0.484 e. The van der Waals surface area contributed by atoms with E-state index < -0.39 is 6.09 Å². The third-order valence-corrected chi connectivity index (χ3v) is 3.79. The molecule has 0 saturated carbocycles. The summed E-state index contributed by atoms with van der Waals surface area (Å²) < 4.78 is 10.0. The van der Waals surface area contributed by atoms with Crippen molar-refractivity contribution in [2.24, 2.45) is 5.92 Å². The van der Waals surface area contributed by atoms with Crippen LogP contribution in [0.25, 0.3) is 0 Å². The van der Waals surface area contributed by atoms with Gasteiger partial charge in [0.25, 0.3) is 5.91 Å². The first-order valence-electron chi connectivity index (χ1n) is 7.46. The molecule has 1 N–H and O–H groups in total. The molecule has 1 saturated heterocycles. The zero-order valence-corrected chi connectivity index (χ0v) is 12.8. The number of nitrogens with one attached hydrogen (secondary N) is 1. The first-order chi connectivity index (χ1) is 10.7. The van der Waals surface area contributed by atoms with Gasteiger partial charge in [-0.15, -0.1) is 0 Å². The number of hydrogen-bond donors (Lipinski definition) is 1. The van der Waals surface area contributed by atoms with Crippen LogP contribution in [0.5, 0.6) is 5.75 Å². The van der Waals surface area contributed by atoms with Gasteiger partial charge in [-0.05, 0) is 30.9 Å². The number of para-hydroxylation sites is 1. The Morgan fingerprint density at radius 2 is 1.91 bits per heavy atom. The van der Waals surface area contributed by atoms with Crippen LogP contribution in [0.1, 0.15) is 12.8 Å². The molecule has 6 heteroatoms. The molecular weight excluding hydrogens is 284 g/mol. The first-order valence-corrected chi connectivity index (χ1v) is 7.46. The monoisotopic (exact) mass is 306 g/mol. The van der Waals surface area contributed by atoms with Crippen LogP contribution in [0.3, 0.4) is 0 Å². The van der Waals surface area contributed by atoms with Crippen LogP contribution < -0.4 is 10.1 Å². The highest BCUT2D eigenvalue weighted by atomic mass is 16.5. The molecule has 1 heterocycles. The molecule has 0 spiro atoms. The number of methoxy groups -OCH3 is 1. The second-order valence-electron chi connectivity index (χ2n) is 5.30. The number of rotatable bonds is 5. The lowest BCUT2D eigenvalue weighted by atomic mass is 9.97. The van der Waals surface area contributed by atoms with Crippen molar-refractivity contribution in [2.75, 3.05) is 33.4 Å². The smallest absolute Gasteiger partial charge is 0.406 e. The summed E-state index contributed by atoms with van der Waals surface area (Å²) >= 11 is 0. The number of benzene rings is 1. The van der Waals surface area contributed by atoms with E-state index in [-0.39, 0.29) is 12.5 Å². The van der Waals surface area contributed by atoms with Crippen molar-refractivity contribution in [2.45, 2.75) is 12.8 Å². The van der Waals surface area contributed by atoms with E-state index in [1.807, 2.05) is 35.2 Å². The fourth-order valence-electron chi connectivity index (χ4n) is 2.44. The minimum absolute atomic E-state index is 0.00299. The zero-order valence-electron chi connectivity index (χ0n) is 12.8. The van der Waals surface area contributed by atoms with Gasteiger partial charge in [-0.25, -0.2) is 4.79 Å². The van der Waals surface area contributed by atoms with E-state index in [4.69, 9.17) is 4.74 Å². The SMILES string of the molecule is COC(=O)NCC1CCN(C(=O)COc2ccccc2)CC1. The van der Waals surface area contributed by atoms with Gasteiger partial charge in [0.15, 0.2) is 6.61 Å². The number of amides is 2. The van der Waals surface area contributed by atoms with Crippen LogP contribution >= 0.6 is 0 Å². The number of hydrogen-bond acceptors (Lipinski definition) is 4. The molecule has 120 valence electrons. The first kappa shape index (κ1) is 16.1. The minimum atomic E-state index is -0.408. The summed E-state index contributed by atoms with van der Waals surface area (Å²) in [7, 11) is 1.35. The van der Waals surface area contributed by atoms with Crippen molar-refractivity contribution in [1.29, 1.82) is 0 Å². The van der Waals surface area contributed by atoms with Crippen LogP contribution in [-0.4, -0.2) is 50.3 Å². The lowest BCUT2D eigenvalue weighted by molar-refractivity contribution is -0.134.